The van der Waals surface area contributed by atoms with E-state index in [2.05, 4.69) is 16.0 Å². The minimum Gasteiger partial charge on any atom is -0.385 e. The van der Waals surface area contributed by atoms with Crippen LogP contribution in [0.25, 0.3) is 0 Å². The molecule has 0 radical (unpaired) electrons. The fourth-order valence-electron chi connectivity index (χ4n) is 2.52. The van der Waals surface area contributed by atoms with Crippen molar-refractivity contribution >= 4 is 17.5 Å². The van der Waals surface area contributed by atoms with E-state index in [1.165, 1.54) is 0 Å². The van der Waals surface area contributed by atoms with E-state index in [0.717, 1.165) is 30.6 Å². The second kappa shape index (κ2) is 7.67. The number of carbonyl (C=O) groups excluding carboxylic acids is 2. The molecule has 3 N–H and O–H groups in total. The fourth-order valence-corrected chi connectivity index (χ4v) is 2.52. The van der Waals surface area contributed by atoms with Gasteiger partial charge < -0.3 is 16.0 Å². The molecule has 0 saturated heterocycles. The molecule has 1 aliphatic heterocycles. The van der Waals surface area contributed by atoms with Crippen molar-refractivity contribution in [2.45, 2.75) is 32.1 Å². The predicted molar refractivity (Wildman–Crippen MR) is 83.2 cm³/mol. The van der Waals surface area contributed by atoms with Gasteiger partial charge in [0.1, 0.15) is 0 Å². The van der Waals surface area contributed by atoms with Crippen molar-refractivity contribution in [1.29, 1.82) is 0 Å². The Morgan fingerprint density at radius 3 is 2.86 bits per heavy atom. The number of anilines is 1. The Morgan fingerprint density at radius 2 is 2.05 bits per heavy atom. The Labute approximate surface area is 125 Å². The van der Waals surface area contributed by atoms with Gasteiger partial charge in [0.25, 0.3) is 0 Å². The molecule has 114 valence electrons. The quantitative estimate of drug-likeness (QED) is 0.745. The minimum atomic E-state index is -0.124. The van der Waals surface area contributed by atoms with Crippen LogP contribution >= 0.6 is 0 Å². The fraction of sp³-hybridized carbons (Fsp3) is 0.500. The molecule has 5 heteroatoms. The van der Waals surface area contributed by atoms with Crippen LogP contribution in [-0.4, -0.2) is 31.4 Å². The zero-order valence-electron chi connectivity index (χ0n) is 12.4. The van der Waals surface area contributed by atoms with Gasteiger partial charge in [0.05, 0.1) is 5.92 Å². The highest BCUT2D eigenvalue weighted by atomic mass is 16.2. The summed E-state index contributed by atoms with van der Waals surface area (Å²) in [4.78, 5) is 23.8. The molecule has 0 spiro atoms. The first kappa shape index (κ1) is 15.4. The molecular weight excluding hydrogens is 266 g/mol. The number of nitrogens with one attached hydrogen (secondary N) is 3. The molecule has 1 heterocycles. The molecule has 1 aliphatic rings. The minimum absolute atomic E-state index is 0.00671. The summed E-state index contributed by atoms with van der Waals surface area (Å²) in [5.74, 6) is -0.128. The zero-order chi connectivity index (χ0) is 15.1. The normalized spacial score (nSPS) is 16.5. The van der Waals surface area contributed by atoms with E-state index < -0.39 is 0 Å². The molecule has 1 unspecified atom stereocenters. The lowest BCUT2D eigenvalue weighted by molar-refractivity contribution is -0.123. The molecule has 5 nitrogen and oxygen atoms in total. The third-order valence-corrected chi connectivity index (χ3v) is 3.62. The Balaban J connectivity index is 1.83. The molecule has 1 atom stereocenters. The molecule has 0 fully saturated rings. The van der Waals surface area contributed by atoms with Crippen LogP contribution in [0.5, 0.6) is 0 Å². The van der Waals surface area contributed by atoms with Gasteiger partial charge in [-0.15, -0.1) is 0 Å². The van der Waals surface area contributed by atoms with E-state index in [1.54, 1.807) is 0 Å². The molecule has 0 bridgehead atoms. The molecular formula is C16H23N3O2. The Kier molecular flexibility index (Phi) is 5.60. The summed E-state index contributed by atoms with van der Waals surface area (Å²) in [7, 11) is 0. The van der Waals surface area contributed by atoms with Crippen LogP contribution in [0.4, 0.5) is 5.69 Å². The zero-order valence-corrected chi connectivity index (χ0v) is 12.4. The molecule has 1 aromatic carbocycles. The summed E-state index contributed by atoms with van der Waals surface area (Å²) >= 11 is 0. The summed E-state index contributed by atoms with van der Waals surface area (Å²) in [6.07, 6.45) is 2.03. The lowest BCUT2D eigenvalue weighted by atomic mass is 9.90. The first-order valence-corrected chi connectivity index (χ1v) is 7.59. The lowest BCUT2D eigenvalue weighted by Crippen LogP contribution is -2.35. The van der Waals surface area contributed by atoms with Crippen molar-refractivity contribution in [2.24, 2.45) is 0 Å². The lowest BCUT2D eigenvalue weighted by Gasteiger charge is -2.25. The number of rotatable bonds is 6. The van der Waals surface area contributed by atoms with Crippen LogP contribution in [0, 0.1) is 0 Å². The van der Waals surface area contributed by atoms with Gasteiger partial charge in [0.15, 0.2) is 0 Å². The number of benzene rings is 1. The molecule has 0 aliphatic carbocycles. The number of fused-ring (bicyclic) bond motifs is 1. The second-order valence-corrected chi connectivity index (χ2v) is 5.25. The monoisotopic (exact) mass is 289 g/mol. The molecule has 0 aromatic heterocycles. The van der Waals surface area contributed by atoms with Gasteiger partial charge in [-0.1, -0.05) is 25.1 Å². The Hall–Kier alpha value is -2.04. The summed E-state index contributed by atoms with van der Waals surface area (Å²) in [5.41, 5.74) is 2.07. The summed E-state index contributed by atoms with van der Waals surface area (Å²) in [6, 6.07) is 7.89. The van der Waals surface area contributed by atoms with Crippen molar-refractivity contribution in [3.63, 3.8) is 0 Å². The number of amides is 2. The van der Waals surface area contributed by atoms with Gasteiger partial charge in [-0.05, 0) is 24.5 Å². The van der Waals surface area contributed by atoms with E-state index in [1.807, 2.05) is 31.2 Å². The topological polar surface area (TPSA) is 70.2 Å². The highest BCUT2D eigenvalue weighted by molar-refractivity contribution is 5.86. The third-order valence-electron chi connectivity index (χ3n) is 3.62. The predicted octanol–water partition coefficient (Wildman–Crippen LogP) is 1.62. The van der Waals surface area contributed by atoms with Gasteiger partial charge >= 0.3 is 0 Å². The molecule has 1 aromatic rings. The van der Waals surface area contributed by atoms with E-state index in [4.69, 9.17) is 0 Å². The summed E-state index contributed by atoms with van der Waals surface area (Å²) in [5, 5.41) is 8.97. The Morgan fingerprint density at radius 1 is 1.24 bits per heavy atom. The average Bonchev–Trinajstić information content (AvgIpc) is 2.52. The molecule has 2 rings (SSSR count). The molecule has 2 amide bonds. The summed E-state index contributed by atoms with van der Waals surface area (Å²) in [6.45, 7) is 3.89. The maximum Gasteiger partial charge on any atom is 0.227 e. The van der Waals surface area contributed by atoms with E-state index in [0.29, 0.717) is 19.5 Å². The first-order chi connectivity index (χ1) is 10.2. The Bertz CT molecular complexity index is 502. The van der Waals surface area contributed by atoms with Crippen molar-refractivity contribution < 1.29 is 9.59 Å². The second-order valence-electron chi connectivity index (χ2n) is 5.25. The number of carbonyl (C=O) groups is 2. The smallest absolute Gasteiger partial charge is 0.227 e. The SMILES string of the molecule is CCCNC(=O)CCNC(=O)C1CCNc2ccccc21. The van der Waals surface area contributed by atoms with Gasteiger partial charge in [0, 0.05) is 31.7 Å². The molecule has 0 saturated carbocycles. The maximum atomic E-state index is 12.3. The van der Waals surface area contributed by atoms with Crippen LogP contribution in [0.1, 0.15) is 37.7 Å². The average molecular weight is 289 g/mol. The largest absolute Gasteiger partial charge is 0.385 e. The molecule has 21 heavy (non-hydrogen) atoms. The highest BCUT2D eigenvalue weighted by Crippen LogP contribution is 2.31. The van der Waals surface area contributed by atoms with E-state index in [-0.39, 0.29) is 17.7 Å². The van der Waals surface area contributed by atoms with Gasteiger partial charge in [0.2, 0.25) is 11.8 Å². The summed E-state index contributed by atoms with van der Waals surface area (Å²) < 4.78 is 0. The van der Waals surface area contributed by atoms with Crippen LogP contribution < -0.4 is 16.0 Å². The number of hydrogen-bond acceptors (Lipinski definition) is 3. The van der Waals surface area contributed by atoms with Crippen molar-refractivity contribution in [3.05, 3.63) is 29.8 Å². The third kappa shape index (κ3) is 4.21. The first-order valence-electron chi connectivity index (χ1n) is 7.59. The van der Waals surface area contributed by atoms with Crippen molar-refractivity contribution in [3.8, 4) is 0 Å². The van der Waals surface area contributed by atoms with Crippen molar-refractivity contribution in [1.82, 2.24) is 10.6 Å². The number of hydrogen-bond donors (Lipinski definition) is 3. The van der Waals surface area contributed by atoms with Gasteiger partial charge in [-0.2, -0.15) is 0 Å². The van der Waals surface area contributed by atoms with Crippen LogP contribution in [0.3, 0.4) is 0 Å². The standard InChI is InChI=1S/C16H23N3O2/c1-2-9-18-15(20)8-11-19-16(21)13-7-10-17-14-6-4-3-5-12(13)14/h3-6,13,17H,2,7-11H2,1H3,(H,18,20)(H,19,21). The van der Waals surface area contributed by atoms with Gasteiger partial charge in [-0.3, -0.25) is 9.59 Å². The van der Waals surface area contributed by atoms with Crippen molar-refractivity contribution in [2.75, 3.05) is 25.0 Å². The van der Waals surface area contributed by atoms with E-state index in [9.17, 15) is 9.59 Å². The van der Waals surface area contributed by atoms with Crippen LogP contribution in [0.15, 0.2) is 24.3 Å². The number of para-hydroxylation sites is 1. The highest BCUT2D eigenvalue weighted by Gasteiger charge is 2.25. The van der Waals surface area contributed by atoms with E-state index >= 15 is 0 Å². The van der Waals surface area contributed by atoms with Crippen LogP contribution in [-0.2, 0) is 9.59 Å². The van der Waals surface area contributed by atoms with Crippen LogP contribution in [0.2, 0.25) is 0 Å². The van der Waals surface area contributed by atoms with Gasteiger partial charge in [-0.25, -0.2) is 0 Å². The maximum absolute atomic E-state index is 12.3.